The van der Waals surface area contributed by atoms with Gasteiger partial charge in [0.25, 0.3) is 0 Å². The van der Waals surface area contributed by atoms with E-state index in [9.17, 15) is 4.79 Å². The fraction of sp³-hybridized carbons (Fsp3) is 0.409. The van der Waals surface area contributed by atoms with Gasteiger partial charge in [-0.2, -0.15) is 0 Å². The Morgan fingerprint density at radius 1 is 1.10 bits per heavy atom. The van der Waals surface area contributed by atoms with Gasteiger partial charge in [-0.1, -0.05) is 36.4 Å². The molecule has 1 aromatic carbocycles. The lowest BCUT2D eigenvalue weighted by molar-refractivity contribution is 0.0914. The third kappa shape index (κ3) is 5.85. The molecule has 0 saturated carbocycles. The number of hydrogen-bond acceptors (Lipinski definition) is 5. The summed E-state index contributed by atoms with van der Waals surface area (Å²) in [6, 6.07) is 13.9. The van der Waals surface area contributed by atoms with Crippen LogP contribution in [0.15, 0.2) is 53.7 Å². The summed E-state index contributed by atoms with van der Waals surface area (Å²) in [7, 11) is 1.76. The second kappa shape index (κ2) is 11.0. The summed E-state index contributed by atoms with van der Waals surface area (Å²) in [5.41, 5.74) is 2.05. The Hall–Kier alpha value is -3.29. The highest BCUT2D eigenvalue weighted by Gasteiger charge is 2.23. The van der Waals surface area contributed by atoms with Gasteiger partial charge < -0.3 is 24.6 Å². The first-order valence-corrected chi connectivity index (χ1v) is 10.2. The standard InChI is InChI=1S/C22H29N5O3/c1-3-29-22(28)27-14-12-26(13-15-27)21(23-2)25-16-19-10-7-11-24-20(19)30-17-18-8-5-4-6-9-18/h4-11H,3,12-17H2,1-2H3,(H,23,25). The molecular formula is C22H29N5O3. The van der Waals surface area contributed by atoms with Crippen molar-refractivity contribution in [1.29, 1.82) is 0 Å². The molecule has 3 rings (SSSR count). The Kier molecular flexibility index (Phi) is 7.88. The molecule has 1 aromatic heterocycles. The molecule has 1 aliphatic heterocycles. The molecule has 0 atom stereocenters. The lowest BCUT2D eigenvalue weighted by Crippen LogP contribution is -2.53. The van der Waals surface area contributed by atoms with Crippen LogP contribution in [0, 0.1) is 0 Å². The van der Waals surface area contributed by atoms with E-state index < -0.39 is 0 Å². The molecule has 1 aliphatic rings. The fourth-order valence-electron chi connectivity index (χ4n) is 3.24. The number of carbonyl (C=O) groups is 1. The van der Waals surface area contributed by atoms with Crippen LogP contribution in [-0.4, -0.2) is 66.7 Å². The van der Waals surface area contributed by atoms with Gasteiger partial charge in [0, 0.05) is 51.5 Å². The number of aromatic nitrogens is 1. The van der Waals surface area contributed by atoms with Gasteiger partial charge in [0.2, 0.25) is 5.88 Å². The summed E-state index contributed by atoms with van der Waals surface area (Å²) in [4.78, 5) is 24.5. The molecule has 0 spiro atoms. The van der Waals surface area contributed by atoms with Gasteiger partial charge in [-0.3, -0.25) is 4.99 Å². The van der Waals surface area contributed by atoms with Crippen molar-refractivity contribution >= 4 is 12.1 Å². The number of pyridine rings is 1. The number of benzene rings is 1. The van der Waals surface area contributed by atoms with Crippen molar-refractivity contribution in [2.24, 2.45) is 4.99 Å². The van der Waals surface area contributed by atoms with Gasteiger partial charge >= 0.3 is 6.09 Å². The number of aliphatic imine (C=N–C) groups is 1. The van der Waals surface area contributed by atoms with Crippen molar-refractivity contribution in [3.8, 4) is 5.88 Å². The highest BCUT2D eigenvalue weighted by molar-refractivity contribution is 5.80. The minimum atomic E-state index is -0.254. The molecular weight excluding hydrogens is 382 g/mol. The number of amides is 1. The van der Waals surface area contributed by atoms with E-state index in [0.717, 1.165) is 17.1 Å². The molecule has 2 aromatic rings. The monoisotopic (exact) mass is 411 g/mol. The van der Waals surface area contributed by atoms with Crippen molar-refractivity contribution < 1.29 is 14.3 Å². The van der Waals surface area contributed by atoms with Crippen LogP contribution < -0.4 is 10.1 Å². The zero-order chi connectivity index (χ0) is 21.2. The summed E-state index contributed by atoms with van der Waals surface area (Å²) in [5.74, 6) is 1.40. The molecule has 0 unspecified atom stereocenters. The molecule has 1 N–H and O–H groups in total. The quantitative estimate of drug-likeness (QED) is 0.581. The van der Waals surface area contributed by atoms with E-state index in [1.54, 1.807) is 18.1 Å². The number of hydrogen-bond donors (Lipinski definition) is 1. The number of nitrogens with zero attached hydrogens (tertiary/aromatic N) is 4. The van der Waals surface area contributed by atoms with Gasteiger partial charge in [0.15, 0.2) is 5.96 Å². The van der Waals surface area contributed by atoms with E-state index in [2.05, 4.69) is 20.2 Å². The van der Waals surface area contributed by atoms with Crippen LogP contribution in [0.1, 0.15) is 18.1 Å². The number of carbonyl (C=O) groups excluding carboxylic acids is 1. The zero-order valence-electron chi connectivity index (χ0n) is 17.6. The lowest BCUT2D eigenvalue weighted by atomic mass is 10.2. The zero-order valence-corrected chi connectivity index (χ0v) is 17.6. The third-order valence-electron chi connectivity index (χ3n) is 4.82. The average molecular weight is 412 g/mol. The first-order valence-electron chi connectivity index (χ1n) is 10.2. The predicted molar refractivity (Wildman–Crippen MR) is 115 cm³/mol. The number of nitrogens with one attached hydrogen (secondary N) is 1. The third-order valence-corrected chi connectivity index (χ3v) is 4.82. The van der Waals surface area contributed by atoms with Crippen LogP contribution in [-0.2, 0) is 17.9 Å². The highest BCUT2D eigenvalue weighted by Crippen LogP contribution is 2.16. The van der Waals surface area contributed by atoms with Crippen LogP contribution in [0.25, 0.3) is 0 Å². The molecule has 1 fully saturated rings. The predicted octanol–water partition coefficient (Wildman–Crippen LogP) is 2.51. The maximum absolute atomic E-state index is 11.9. The largest absolute Gasteiger partial charge is 0.473 e. The van der Waals surface area contributed by atoms with E-state index in [-0.39, 0.29) is 6.09 Å². The van der Waals surface area contributed by atoms with Crippen LogP contribution in [0.4, 0.5) is 4.79 Å². The van der Waals surface area contributed by atoms with Gasteiger partial charge in [-0.05, 0) is 18.6 Å². The van der Waals surface area contributed by atoms with Crippen molar-refractivity contribution in [2.75, 3.05) is 39.8 Å². The number of guanidine groups is 1. The molecule has 2 heterocycles. The van der Waals surface area contributed by atoms with E-state index in [1.807, 2.05) is 49.4 Å². The molecule has 0 radical (unpaired) electrons. The minimum Gasteiger partial charge on any atom is -0.473 e. The highest BCUT2D eigenvalue weighted by atomic mass is 16.6. The van der Waals surface area contributed by atoms with Crippen LogP contribution >= 0.6 is 0 Å². The lowest BCUT2D eigenvalue weighted by Gasteiger charge is -2.35. The van der Waals surface area contributed by atoms with E-state index >= 15 is 0 Å². The first-order chi connectivity index (χ1) is 14.7. The number of piperazine rings is 1. The number of ether oxygens (including phenoxy) is 2. The maximum Gasteiger partial charge on any atom is 0.409 e. The normalized spacial score (nSPS) is 14.4. The molecule has 30 heavy (non-hydrogen) atoms. The summed E-state index contributed by atoms with van der Waals surface area (Å²) in [6.45, 7) is 5.83. The Bertz CT molecular complexity index is 836. The molecule has 8 heteroatoms. The summed E-state index contributed by atoms with van der Waals surface area (Å²) in [6.07, 6.45) is 1.48. The Labute approximate surface area is 177 Å². The molecule has 1 saturated heterocycles. The molecule has 160 valence electrons. The van der Waals surface area contributed by atoms with Gasteiger partial charge in [-0.15, -0.1) is 0 Å². The van der Waals surface area contributed by atoms with Crippen LogP contribution in [0.2, 0.25) is 0 Å². The summed E-state index contributed by atoms with van der Waals surface area (Å²) >= 11 is 0. The Balaban J connectivity index is 1.54. The SMILES string of the molecule is CCOC(=O)N1CCN(C(=NC)NCc2cccnc2OCc2ccccc2)CC1. The maximum atomic E-state index is 11.9. The number of rotatable bonds is 6. The van der Waals surface area contributed by atoms with E-state index in [1.165, 1.54) is 0 Å². The van der Waals surface area contributed by atoms with Crippen molar-refractivity contribution in [3.05, 3.63) is 59.8 Å². The van der Waals surface area contributed by atoms with Gasteiger partial charge in [0.1, 0.15) is 6.61 Å². The average Bonchev–Trinajstić information content (AvgIpc) is 2.80. The van der Waals surface area contributed by atoms with E-state index in [4.69, 9.17) is 9.47 Å². The van der Waals surface area contributed by atoms with Crippen molar-refractivity contribution in [1.82, 2.24) is 20.1 Å². The Morgan fingerprint density at radius 3 is 2.53 bits per heavy atom. The van der Waals surface area contributed by atoms with Crippen LogP contribution in [0.3, 0.4) is 0 Å². The minimum absolute atomic E-state index is 0.254. The van der Waals surface area contributed by atoms with Crippen molar-refractivity contribution in [3.63, 3.8) is 0 Å². The van der Waals surface area contributed by atoms with Crippen molar-refractivity contribution in [2.45, 2.75) is 20.1 Å². The Morgan fingerprint density at radius 2 is 1.83 bits per heavy atom. The smallest absolute Gasteiger partial charge is 0.409 e. The van der Waals surface area contributed by atoms with Gasteiger partial charge in [-0.25, -0.2) is 9.78 Å². The fourth-order valence-corrected chi connectivity index (χ4v) is 3.24. The first kappa shape index (κ1) is 21.4. The van der Waals surface area contributed by atoms with E-state index in [0.29, 0.717) is 51.8 Å². The molecule has 0 aliphatic carbocycles. The van der Waals surface area contributed by atoms with Crippen LogP contribution in [0.5, 0.6) is 5.88 Å². The molecule has 0 bridgehead atoms. The molecule has 8 nitrogen and oxygen atoms in total. The second-order valence-electron chi connectivity index (χ2n) is 6.82. The van der Waals surface area contributed by atoms with Gasteiger partial charge in [0.05, 0.1) is 6.61 Å². The summed E-state index contributed by atoms with van der Waals surface area (Å²) < 4.78 is 11.0. The molecule has 1 amide bonds. The summed E-state index contributed by atoms with van der Waals surface area (Å²) in [5, 5.41) is 3.38. The topological polar surface area (TPSA) is 79.3 Å². The second-order valence-corrected chi connectivity index (χ2v) is 6.82.